The summed E-state index contributed by atoms with van der Waals surface area (Å²) in [5.74, 6) is 1.48. The van der Waals surface area contributed by atoms with Crippen LogP contribution >= 0.6 is 0 Å². The average Bonchev–Trinajstić information content (AvgIpc) is 3.39. The Bertz CT molecular complexity index is 762. The molecule has 0 N–H and O–H groups in total. The zero-order valence-electron chi connectivity index (χ0n) is 16.1. The second-order valence-electron chi connectivity index (χ2n) is 7.96. The van der Waals surface area contributed by atoms with Crippen LogP contribution in [0.3, 0.4) is 0 Å². The molecule has 7 heteroatoms. The lowest BCUT2D eigenvalue weighted by Crippen LogP contribution is -2.45. The maximum Gasteiger partial charge on any atom is 0.257 e. The SMILES string of the molecule is COCC1CN(C(=O)c2cnn(C)c2)CC12CCN(Cc1ccco1)CC2. The number of piperidine rings is 1. The average molecular weight is 372 g/mol. The first-order valence-corrected chi connectivity index (χ1v) is 9.61. The van der Waals surface area contributed by atoms with E-state index in [1.807, 2.05) is 24.1 Å². The van der Waals surface area contributed by atoms with Crippen LogP contribution in [-0.4, -0.2) is 65.4 Å². The standard InChI is InChI=1S/C20H28N4O3/c1-22-11-16(10-21-22)19(25)24-12-17(14-26-2)20(15-24)5-7-23(8-6-20)13-18-4-3-9-27-18/h3-4,9-11,17H,5-8,12-15H2,1-2H3. The van der Waals surface area contributed by atoms with Crippen molar-refractivity contribution in [1.29, 1.82) is 0 Å². The molecular formula is C20H28N4O3. The summed E-state index contributed by atoms with van der Waals surface area (Å²) in [5.41, 5.74) is 0.814. The Hall–Kier alpha value is -2.12. The highest BCUT2D eigenvalue weighted by Crippen LogP contribution is 2.45. The van der Waals surface area contributed by atoms with Gasteiger partial charge in [0.25, 0.3) is 5.91 Å². The minimum atomic E-state index is 0.0825. The summed E-state index contributed by atoms with van der Waals surface area (Å²) < 4.78 is 12.7. The summed E-state index contributed by atoms with van der Waals surface area (Å²) in [5, 5.41) is 4.14. The lowest BCUT2D eigenvalue weighted by Gasteiger charge is -2.42. The van der Waals surface area contributed by atoms with Crippen LogP contribution in [0, 0.1) is 11.3 Å². The summed E-state index contributed by atoms with van der Waals surface area (Å²) in [6.07, 6.45) is 7.35. The second-order valence-corrected chi connectivity index (χ2v) is 7.96. The summed E-state index contributed by atoms with van der Waals surface area (Å²) in [7, 11) is 3.59. The van der Waals surface area contributed by atoms with Crippen molar-refractivity contribution in [2.75, 3.05) is 39.9 Å². The van der Waals surface area contributed by atoms with Crippen molar-refractivity contribution < 1.29 is 13.9 Å². The van der Waals surface area contributed by atoms with E-state index >= 15 is 0 Å². The van der Waals surface area contributed by atoms with Crippen molar-refractivity contribution in [3.63, 3.8) is 0 Å². The number of hydrogen-bond acceptors (Lipinski definition) is 5. The molecule has 0 radical (unpaired) electrons. The highest BCUT2D eigenvalue weighted by atomic mass is 16.5. The molecule has 4 rings (SSSR count). The number of carbonyl (C=O) groups is 1. The van der Waals surface area contributed by atoms with E-state index < -0.39 is 0 Å². The number of aryl methyl sites for hydroxylation is 1. The molecule has 1 amide bonds. The molecule has 146 valence electrons. The van der Waals surface area contributed by atoms with Gasteiger partial charge < -0.3 is 14.1 Å². The van der Waals surface area contributed by atoms with Crippen molar-refractivity contribution in [1.82, 2.24) is 19.6 Å². The highest BCUT2D eigenvalue weighted by Gasteiger charge is 2.49. The van der Waals surface area contributed by atoms with Crippen molar-refractivity contribution in [2.45, 2.75) is 19.4 Å². The molecular weight excluding hydrogens is 344 g/mol. The highest BCUT2D eigenvalue weighted by molar-refractivity contribution is 5.94. The fourth-order valence-corrected chi connectivity index (χ4v) is 4.68. The first kappa shape index (κ1) is 18.3. The Balaban J connectivity index is 1.43. The van der Waals surface area contributed by atoms with E-state index in [1.54, 1.807) is 30.4 Å². The molecule has 2 saturated heterocycles. The van der Waals surface area contributed by atoms with Gasteiger partial charge in [-0.15, -0.1) is 0 Å². The van der Waals surface area contributed by atoms with Crippen LogP contribution in [0.5, 0.6) is 0 Å². The van der Waals surface area contributed by atoms with Crippen LogP contribution in [0.2, 0.25) is 0 Å². The fourth-order valence-electron chi connectivity index (χ4n) is 4.68. The van der Waals surface area contributed by atoms with E-state index in [1.165, 1.54) is 0 Å². The van der Waals surface area contributed by atoms with E-state index in [4.69, 9.17) is 9.15 Å². The number of hydrogen-bond donors (Lipinski definition) is 0. The molecule has 1 spiro atoms. The van der Waals surface area contributed by atoms with Gasteiger partial charge in [-0.25, -0.2) is 0 Å². The zero-order chi connectivity index (χ0) is 18.9. The Labute approximate surface area is 159 Å². The van der Waals surface area contributed by atoms with Gasteiger partial charge in [0.2, 0.25) is 0 Å². The molecule has 27 heavy (non-hydrogen) atoms. The van der Waals surface area contributed by atoms with Crippen LogP contribution < -0.4 is 0 Å². The lowest BCUT2D eigenvalue weighted by molar-refractivity contribution is 0.0329. The summed E-state index contributed by atoms with van der Waals surface area (Å²) >= 11 is 0. The largest absolute Gasteiger partial charge is 0.468 e. The third-order valence-corrected chi connectivity index (χ3v) is 6.23. The van der Waals surface area contributed by atoms with Crippen molar-refractivity contribution in [3.05, 3.63) is 42.1 Å². The van der Waals surface area contributed by atoms with Gasteiger partial charge in [-0.3, -0.25) is 14.4 Å². The topological polar surface area (TPSA) is 63.7 Å². The van der Waals surface area contributed by atoms with Crippen molar-refractivity contribution in [2.24, 2.45) is 18.4 Å². The van der Waals surface area contributed by atoms with E-state index in [0.29, 0.717) is 18.1 Å². The Kier molecular flexibility index (Phi) is 5.06. The van der Waals surface area contributed by atoms with Crippen LogP contribution in [0.25, 0.3) is 0 Å². The molecule has 2 aromatic rings. The number of aromatic nitrogens is 2. The number of likely N-dealkylation sites (tertiary alicyclic amines) is 2. The Morgan fingerprint density at radius 1 is 1.41 bits per heavy atom. The molecule has 2 aliphatic heterocycles. The Morgan fingerprint density at radius 2 is 2.22 bits per heavy atom. The first-order chi connectivity index (χ1) is 13.1. The predicted molar refractivity (Wildman–Crippen MR) is 100 cm³/mol. The maximum absolute atomic E-state index is 12.9. The van der Waals surface area contributed by atoms with E-state index in [0.717, 1.165) is 51.3 Å². The molecule has 0 aromatic carbocycles. The number of nitrogens with zero attached hydrogens (tertiary/aromatic N) is 4. The van der Waals surface area contributed by atoms with Gasteiger partial charge in [-0.05, 0) is 43.5 Å². The lowest BCUT2D eigenvalue weighted by atomic mass is 9.71. The first-order valence-electron chi connectivity index (χ1n) is 9.61. The van der Waals surface area contributed by atoms with Gasteiger partial charge in [-0.2, -0.15) is 5.10 Å². The van der Waals surface area contributed by atoms with Crippen LogP contribution in [0.15, 0.2) is 35.2 Å². The van der Waals surface area contributed by atoms with Gasteiger partial charge in [0.15, 0.2) is 0 Å². The molecule has 1 unspecified atom stereocenters. The van der Waals surface area contributed by atoms with Crippen LogP contribution in [0.1, 0.15) is 29.0 Å². The van der Waals surface area contributed by atoms with E-state index in [2.05, 4.69) is 10.00 Å². The molecule has 7 nitrogen and oxygen atoms in total. The summed E-state index contributed by atoms with van der Waals surface area (Å²) in [6, 6.07) is 3.97. The summed E-state index contributed by atoms with van der Waals surface area (Å²) in [6.45, 7) is 5.18. The predicted octanol–water partition coefficient (Wildman–Crippen LogP) is 2.01. The fraction of sp³-hybridized carbons (Fsp3) is 0.600. The number of carbonyl (C=O) groups excluding carboxylic acids is 1. The molecule has 1 atom stereocenters. The van der Waals surface area contributed by atoms with Crippen molar-refractivity contribution >= 4 is 5.91 Å². The third-order valence-electron chi connectivity index (χ3n) is 6.23. The number of rotatable bonds is 5. The number of methoxy groups -OCH3 is 1. The maximum atomic E-state index is 12.9. The van der Waals surface area contributed by atoms with Crippen LogP contribution in [0.4, 0.5) is 0 Å². The van der Waals surface area contributed by atoms with E-state index in [9.17, 15) is 4.79 Å². The van der Waals surface area contributed by atoms with Gasteiger partial charge in [0.05, 0.1) is 31.2 Å². The molecule has 2 fully saturated rings. The molecule has 0 aliphatic carbocycles. The monoisotopic (exact) mass is 372 g/mol. The number of ether oxygens (including phenoxy) is 1. The normalized spacial score (nSPS) is 22.6. The minimum absolute atomic E-state index is 0.0825. The molecule has 2 aliphatic rings. The van der Waals surface area contributed by atoms with Gasteiger partial charge in [0.1, 0.15) is 5.76 Å². The summed E-state index contributed by atoms with van der Waals surface area (Å²) in [4.78, 5) is 17.4. The minimum Gasteiger partial charge on any atom is -0.468 e. The van der Waals surface area contributed by atoms with E-state index in [-0.39, 0.29) is 11.3 Å². The van der Waals surface area contributed by atoms with Gasteiger partial charge >= 0.3 is 0 Å². The molecule has 0 bridgehead atoms. The van der Waals surface area contributed by atoms with Gasteiger partial charge in [0, 0.05) is 39.4 Å². The number of amides is 1. The smallest absolute Gasteiger partial charge is 0.257 e. The molecule has 0 saturated carbocycles. The Morgan fingerprint density at radius 3 is 2.85 bits per heavy atom. The van der Waals surface area contributed by atoms with Crippen molar-refractivity contribution in [3.8, 4) is 0 Å². The quantitative estimate of drug-likeness (QED) is 0.803. The second kappa shape index (κ2) is 7.48. The zero-order valence-corrected chi connectivity index (χ0v) is 16.1. The third kappa shape index (κ3) is 3.66. The van der Waals surface area contributed by atoms with Gasteiger partial charge in [-0.1, -0.05) is 0 Å². The molecule has 2 aromatic heterocycles. The van der Waals surface area contributed by atoms with Crippen LogP contribution in [-0.2, 0) is 18.3 Å². The number of furan rings is 1. The molecule has 4 heterocycles.